The minimum absolute atomic E-state index is 0.172. The normalized spacial score (nSPS) is 17.8. The second kappa shape index (κ2) is 5.89. The van der Waals surface area contributed by atoms with Gasteiger partial charge in [-0.05, 0) is 26.7 Å². The van der Waals surface area contributed by atoms with Crippen molar-refractivity contribution >= 4 is 12.0 Å². The number of rotatable bonds is 4. The summed E-state index contributed by atoms with van der Waals surface area (Å²) < 4.78 is 0. The third-order valence-electron chi connectivity index (χ3n) is 3.59. The van der Waals surface area contributed by atoms with Crippen LogP contribution >= 0.6 is 0 Å². The molecule has 0 bridgehead atoms. The molecule has 1 unspecified atom stereocenters. The molecule has 0 spiro atoms. The molecule has 0 aromatic rings. The molecule has 0 heterocycles. The maximum Gasteiger partial charge on any atom is 0.326 e. The quantitative estimate of drug-likeness (QED) is 0.817. The first-order valence-corrected chi connectivity index (χ1v) is 6.25. The summed E-state index contributed by atoms with van der Waals surface area (Å²) in [6.45, 7) is 4.11. The Morgan fingerprint density at radius 3 is 2.29 bits per heavy atom. The van der Waals surface area contributed by atoms with Crippen molar-refractivity contribution in [2.24, 2.45) is 0 Å². The highest BCUT2D eigenvalue weighted by Crippen LogP contribution is 2.24. The van der Waals surface area contributed by atoms with Crippen LogP contribution in [0.2, 0.25) is 0 Å². The third-order valence-corrected chi connectivity index (χ3v) is 3.59. The lowest BCUT2D eigenvalue weighted by Crippen LogP contribution is -2.50. The van der Waals surface area contributed by atoms with Gasteiger partial charge in [0.15, 0.2) is 0 Å². The number of carbonyl (C=O) groups is 2. The van der Waals surface area contributed by atoms with Crippen LogP contribution in [0.25, 0.3) is 0 Å². The zero-order valence-electron chi connectivity index (χ0n) is 10.8. The lowest BCUT2D eigenvalue weighted by atomic mass is 10.2. The Hall–Kier alpha value is -1.26. The molecule has 2 amide bonds. The highest BCUT2D eigenvalue weighted by atomic mass is 16.4. The van der Waals surface area contributed by atoms with Crippen LogP contribution in [0.15, 0.2) is 0 Å². The van der Waals surface area contributed by atoms with Crippen molar-refractivity contribution in [2.45, 2.75) is 51.6 Å². The summed E-state index contributed by atoms with van der Waals surface area (Å²) in [6.07, 6.45) is 4.39. The number of nitrogens with zero attached hydrogens (tertiary/aromatic N) is 2. The van der Waals surface area contributed by atoms with Crippen molar-refractivity contribution in [1.29, 1.82) is 0 Å². The largest absolute Gasteiger partial charge is 0.480 e. The monoisotopic (exact) mass is 242 g/mol. The molecule has 1 rings (SSSR count). The SMILES string of the molecule is CCN(C(=O)N(C)C(C)C(=O)O)C1CCCC1. The molecule has 1 aliphatic rings. The molecule has 1 saturated carbocycles. The summed E-state index contributed by atoms with van der Waals surface area (Å²) in [7, 11) is 1.55. The van der Waals surface area contributed by atoms with Crippen molar-refractivity contribution < 1.29 is 14.7 Å². The molecule has 1 aliphatic carbocycles. The number of likely N-dealkylation sites (N-methyl/N-ethyl adjacent to an activating group) is 1. The van der Waals surface area contributed by atoms with E-state index in [1.54, 1.807) is 11.9 Å². The van der Waals surface area contributed by atoms with Crippen molar-refractivity contribution in [3.05, 3.63) is 0 Å². The maximum absolute atomic E-state index is 12.2. The van der Waals surface area contributed by atoms with E-state index in [4.69, 9.17) is 5.11 Å². The zero-order chi connectivity index (χ0) is 13.0. The van der Waals surface area contributed by atoms with Crippen LogP contribution in [-0.4, -0.2) is 52.6 Å². The number of aliphatic carboxylic acids is 1. The van der Waals surface area contributed by atoms with Crippen LogP contribution in [0.4, 0.5) is 4.79 Å². The number of amides is 2. The number of carboxylic acid groups (broad SMARTS) is 1. The lowest BCUT2D eigenvalue weighted by molar-refractivity contribution is -0.141. The molecular formula is C12H22N2O3. The van der Waals surface area contributed by atoms with Crippen LogP contribution in [0.3, 0.4) is 0 Å². The molecule has 98 valence electrons. The molecule has 0 aromatic carbocycles. The zero-order valence-corrected chi connectivity index (χ0v) is 10.8. The van der Waals surface area contributed by atoms with E-state index in [0.717, 1.165) is 25.7 Å². The molecule has 0 aliphatic heterocycles. The first-order chi connectivity index (χ1) is 7.99. The van der Waals surface area contributed by atoms with Gasteiger partial charge in [0.1, 0.15) is 6.04 Å². The van der Waals surface area contributed by atoms with Crippen molar-refractivity contribution in [2.75, 3.05) is 13.6 Å². The smallest absolute Gasteiger partial charge is 0.326 e. The summed E-state index contributed by atoms with van der Waals surface area (Å²) in [5, 5.41) is 8.91. The van der Waals surface area contributed by atoms with Crippen LogP contribution in [0.1, 0.15) is 39.5 Å². The van der Waals surface area contributed by atoms with Gasteiger partial charge in [-0.1, -0.05) is 12.8 Å². The second-order valence-electron chi connectivity index (χ2n) is 4.63. The second-order valence-corrected chi connectivity index (χ2v) is 4.63. The van der Waals surface area contributed by atoms with E-state index in [-0.39, 0.29) is 12.1 Å². The standard InChI is InChI=1S/C12H22N2O3/c1-4-14(10-7-5-6-8-10)12(17)13(3)9(2)11(15)16/h9-10H,4-8H2,1-3H3,(H,15,16). The van der Waals surface area contributed by atoms with Crippen LogP contribution in [0.5, 0.6) is 0 Å². The van der Waals surface area contributed by atoms with Crippen molar-refractivity contribution in [3.8, 4) is 0 Å². The van der Waals surface area contributed by atoms with E-state index in [0.29, 0.717) is 6.54 Å². The molecular weight excluding hydrogens is 220 g/mol. The maximum atomic E-state index is 12.2. The first kappa shape index (κ1) is 13.8. The van der Waals surface area contributed by atoms with Gasteiger partial charge in [0.2, 0.25) is 0 Å². The van der Waals surface area contributed by atoms with Gasteiger partial charge in [0.05, 0.1) is 0 Å². The van der Waals surface area contributed by atoms with E-state index in [2.05, 4.69) is 0 Å². The van der Waals surface area contributed by atoms with Gasteiger partial charge in [-0.15, -0.1) is 0 Å². The fraction of sp³-hybridized carbons (Fsp3) is 0.833. The summed E-state index contributed by atoms with van der Waals surface area (Å²) in [6, 6.07) is -0.664. The van der Waals surface area contributed by atoms with Crippen molar-refractivity contribution in [3.63, 3.8) is 0 Å². The Morgan fingerprint density at radius 2 is 1.88 bits per heavy atom. The van der Waals surface area contributed by atoms with Crippen LogP contribution < -0.4 is 0 Å². The minimum Gasteiger partial charge on any atom is -0.480 e. The van der Waals surface area contributed by atoms with Gasteiger partial charge >= 0.3 is 12.0 Å². The first-order valence-electron chi connectivity index (χ1n) is 6.25. The van der Waals surface area contributed by atoms with Crippen molar-refractivity contribution in [1.82, 2.24) is 9.80 Å². The number of carboxylic acids is 1. The molecule has 0 aromatic heterocycles. The molecule has 0 radical (unpaired) electrons. The van der Waals surface area contributed by atoms with E-state index >= 15 is 0 Å². The Balaban J connectivity index is 2.68. The predicted molar refractivity (Wildman–Crippen MR) is 64.9 cm³/mol. The molecule has 1 atom stereocenters. The molecule has 5 heteroatoms. The predicted octanol–water partition coefficient (Wildman–Crippen LogP) is 1.78. The van der Waals surface area contributed by atoms with Gasteiger partial charge < -0.3 is 14.9 Å². The molecule has 1 fully saturated rings. The van der Waals surface area contributed by atoms with E-state index < -0.39 is 12.0 Å². The average molecular weight is 242 g/mol. The van der Waals surface area contributed by atoms with Gasteiger partial charge in [0, 0.05) is 19.6 Å². The topological polar surface area (TPSA) is 60.9 Å². The fourth-order valence-electron chi connectivity index (χ4n) is 2.30. The van der Waals surface area contributed by atoms with Crippen LogP contribution in [0, 0.1) is 0 Å². The Bertz CT molecular complexity index is 287. The van der Waals surface area contributed by atoms with Gasteiger partial charge in [0.25, 0.3) is 0 Å². The van der Waals surface area contributed by atoms with E-state index in [9.17, 15) is 9.59 Å². The number of carbonyl (C=O) groups excluding carboxylic acids is 1. The molecule has 17 heavy (non-hydrogen) atoms. The Kier molecular flexibility index (Phi) is 4.78. The number of hydrogen-bond donors (Lipinski definition) is 1. The summed E-state index contributed by atoms with van der Waals surface area (Å²) in [5.74, 6) is -0.969. The van der Waals surface area contributed by atoms with Gasteiger partial charge in [-0.25, -0.2) is 9.59 Å². The lowest BCUT2D eigenvalue weighted by Gasteiger charge is -2.33. The van der Waals surface area contributed by atoms with E-state index in [1.807, 2.05) is 6.92 Å². The van der Waals surface area contributed by atoms with E-state index in [1.165, 1.54) is 11.8 Å². The Labute approximate surface area is 102 Å². The van der Waals surface area contributed by atoms with Gasteiger partial charge in [-0.2, -0.15) is 0 Å². The minimum atomic E-state index is -0.969. The molecule has 5 nitrogen and oxygen atoms in total. The summed E-state index contributed by atoms with van der Waals surface area (Å²) in [5.41, 5.74) is 0. The van der Waals surface area contributed by atoms with Crippen LogP contribution in [-0.2, 0) is 4.79 Å². The fourth-order valence-corrected chi connectivity index (χ4v) is 2.30. The average Bonchev–Trinajstić information content (AvgIpc) is 2.81. The molecule has 1 N–H and O–H groups in total. The number of urea groups is 1. The summed E-state index contributed by atoms with van der Waals surface area (Å²) in [4.78, 5) is 26.2. The van der Waals surface area contributed by atoms with Gasteiger partial charge in [-0.3, -0.25) is 0 Å². The highest BCUT2D eigenvalue weighted by molar-refractivity contribution is 5.82. The molecule has 0 saturated heterocycles. The summed E-state index contributed by atoms with van der Waals surface area (Å²) >= 11 is 0. The third kappa shape index (κ3) is 3.11. The number of hydrogen-bond acceptors (Lipinski definition) is 2. The Morgan fingerprint density at radius 1 is 1.35 bits per heavy atom. The highest BCUT2D eigenvalue weighted by Gasteiger charge is 2.30.